The van der Waals surface area contributed by atoms with E-state index < -0.39 is 11.5 Å². The number of hydrogen-bond acceptors (Lipinski definition) is 8. The summed E-state index contributed by atoms with van der Waals surface area (Å²) < 4.78 is 5.48. The lowest BCUT2D eigenvalue weighted by Gasteiger charge is -2.36. The van der Waals surface area contributed by atoms with E-state index >= 15 is 0 Å². The number of aromatic amines is 1. The summed E-state index contributed by atoms with van der Waals surface area (Å²) >= 11 is 4.37. The lowest BCUT2D eigenvalue weighted by molar-refractivity contribution is 0.0781. The van der Waals surface area contributed by atoms with Crippen LogP contribution in [-0.2, 0) is 4.74 Å². The van der Waals surface area contributed by atoms with E-state index in [2.05, 4.69) is 37.7 Å². The zero-order valence-electron chi connectivity index (χ0n) is 17.7. The van der Waals surface area contributed by atoms with Crippen molar-refractivity contribution < 1.29 is 9.53 Å². The second kappa shape index (κ2) is 9.73. The van der Waals surface area contributed by atoms with E-state index in [1.54, 1.807) is 35.8 Å². The summed E-state index contributed by atoms with van der Waals surface area (Å²) in [7, 11) is 0. The second-order valence-electron chi connectivity index (χ2n) is 7.44. The minimum atomic E-state index is -0.710. The fourth-order valence-corrected chi connectivity index (χ4v) is 3.71. The predicted molar refractivity (Wildman–Crippen MR) is 124 cm³/mol. The Labute approximate surface area is 191 Å². The van der Waals surface area contributed by atoms with Crippen LogP contribution in [0.15, 0.2) is 55.3 Å². The van der Waals surface area contributed by atoms with E-state index in [0.717, 1.165) is 28.1 Å². The molecule has 1 atom stereocenters. The molecule has 1 amide bonds. The van der Waals surface area contributed by atoms with Gasteiger partial charge in [0.15, 0.2) is 5.44 Å². The summed E-state index contributed by atoms with van der Waals surface area (Å²) in [6.45, 7) is 4.19. The third-order valence-electron chi connectivity index (χ3n) is 5.29. The number of nitrogens with one attached hydrogen (secondary N) is 1. The van der Waals surface area contributed by atoms with Crippen LogP contribution < -0.4 is 5.73 Å². The monoisotopic (exact) mass is 451 g/mol. The number of carbonyl (C=O) groups excluding carboxylic acids is 1. The number of hydrogen-bond donors (Lipinski definition) is 3. The Kier molecular flexibility index (Phi) is 6.60. The molecule has 3 aromatic rings. The molecular formula is C22H25N7O2S. The molecule has 10 heteroatoms. The summed E-state index contributed by atoms with van der Waals surface area (Å²) in [4.78, 5) is 25.2. The van der Waals surface area contributed by atoms with Crippen LogP contribution in [0, 0.1) is 6.92 Å². The zero-order valence-corrected chi connectivity index (χ0v) is 18.6. The van der Waals surface area contributed by atoms with Gasteiger partial charge in [-0.05, 0) is 24.6 Å². The molecule has 4 rings (SSSR count). The van der Waals surface area contributed by atoms with Gasteiger partial charge in [-0.1, -0.05) is 12.1 Å². The molecule has 0 aromatic carbocycles. The molecule has 9 nitrogen and oxygen atoms in total. The Morgan fingerprint density at radius 3 is 2.47 bits per heavy atom. The quantitative estimate of drug-likeness (QED) is 0.404. The highest BCUT2D eigenvalue weighted by molar-refractivity contribution is 7.80. The summed E-state index contributed by atoms with van der Waals surface area (Å²) in [6, 6.07) is 7.63. The Balaban J connectivity index is 1.33. The van der Waals surface area contributed by atoms with Crippen LogP contribution in [0.25, 0.3) is 16.8 Å². The SMILES string of the molecule is Cc1ccc(C(S)OC(=O)N2CCN(/C(=C/N)c3ccc(-c4cn[nH]c4)cn3)CC2)nc1. The minimum Gasteiger partial charge on any atom is -0.429 e. The van der Waals surface area contributed by atoms with Crippen LogP contribution in [0.2, 0.25) is 0 Å². The lowest BCUT2D eigenvalue weighted by atomic mass is 10.1. The highest BCUT2D eigenvalue weighted by atomic mass is 32.1. The number of amides is 1. The number of ether oxygens (including phenoxy) is 1. The Morgan fingerprint density at radius 1 is 1.09 bits per heavy atom. The maximum Gasteiger partial charge on any atom is 0.411 e. The Morgan fingerprint density at radius 2 is 1.88 bits per heavy atom. The largest absolute Gasteiger partial charge is 0.429 e. The van der Waals surface area contributed by atoms with E-state index in [-0.39, 0.29) is 0 Å². The average Bonchev–Trinajstić information content (AvgIpc) is 3.36. The Bertz CT molecular complexity index is 1060. The lowest BCUT2D eigenvalue weighted by Crippen LogP contribution is -2.48. The van der Waals surface area contributed by atoms with Gasteiger partial charge < -0.3 is 20.3 Å². The normalized spacial score (nSPS) is 15.5. The highest BCUT2D eigenvalue weighted by Crippen LogP contribution is 2.24. The standard InChI is InChI=1S/C22H25N7O2S/c1-15-2-4-19(24-11-15)21(32)31-22(30)29-8-6-28(7-9-29)20(10-23)18-5-3-16(12-25-18)17-13-26-27-14-17/h2-5,10-14,21,32H,6-9,23H2,1H3,(H,26,27)/b20-10+. The van der Waals surface area contributed by atoms with E-state index in [1.807, 2.05) is 31.3 Å². The first-order valence-electron chi connectivity index (χ1n) is 10.2. The van der Waals surface area contributed by atoms with E-state index in [1.165, 1.54) is 0 Å². The smallest absolute Gasteiger partial charge is 0.411 e. The molecule has 3 aromatic heterocycles. The molecule has 1 aliphatic heterocycles. The van der Waals surface area contributed by atoms with Gasteiger partial charge in [-0.2, -0.15) is 5.10 Å². The molecule has 1 unspecified atom stereocenters. The first-order valence-corrected chi connectivity index (χ1v) is 10.8. The number of nitrogens with zero attached hydrogens (tertiary/aromatic N) is 5. The van der Waals surface area contributed by atoms with Crippen molar-refractivity contribution in [3.63, 3.8) is 0 Å². The van der Waals surface area contributed by atoms with E-state index in [0.29, 0.717) is 31.9 Å². The van der Waals surface area contributed by atoms with Crippen molar-refractivity contribution in [1.82, 2.24) is 30.0 Å². The molecule has 0 spiro atoms. The van der Waals surface area contributed by atoms with Crippen LogP contribution >= 0.6 is 12.6 Å². The van der Waals surface area contributed by atoms with E-state index in [4.69, 9.17) is 10.5 Å². The van der Waals surface area contributed by atoms with Crippen LogP contribution in [0.4, 0.5) is 4.79 Å². The molecule has 4 heterocycles. The molecular weight excluding hydrogens is 426 g/mol. The molecule has 1 saturated heterocycles. The summed E-state index contributed by atoms with van der Waals surface area (Å²) in [5.74, 6) is 0. The molecule has 3 N–H and O–H groups in total. The first-order chi connectivity index (χ1) is 15.5. The maximum absolute atomic E-state index is 12.6. The molecule has 0 bridgehead atoms. The van der Waals surface area contributed by atoms with Crippen LogP contribution in [0.3, 0.4) is 0 Å². The number of rotatable bonds is 5. The van der Waals surface area contributed by atoms with Crippen molar-refractivity contribution in [2.24, 2.45) is 5.73 Å². The third kappa shape index (κ3) is 4.86. The van der Waals surface area contributed by atoms with E-state index in [9.17, 15) is 4.79 Å². The topological polar surface area (TPSA) is 113 Å². The minimum absolute atomic E-state index is 0.409. The van der Waals surface area contributed by atoms with Gasteiger partial charge in [0.2, 0.25) is 0 Å². The van der Waals surface area contributed by atoms with Crippen molar-refractivity contribution in [2.75, 3.05) is 26.2 Å². The predicted octanol–water partition coefficient (Wildman–Crippen LogP) is 2.82. The number of aromatic nitrogens is 4. The fraction of sp³-hybridized carbons (Fsp3) is 0.273. The summed E-state index contributed by atoms with van der Waals surface area (Å²) in [5.41, 5.74) is 10.4. The Hall–Kier alpha value is -3.53. The highest BCUT2D eigenvalue weighted by Gasteiger charge is 2.26. The van der Waals surface area contributed by atoms with Gasteiger partial charge in [-0.3, -0.25) is 15.1 Å². The van der Waals surface area contributed by atoms with Crippen molar-refractivity contribution in [2.45, 2.75) is 12.4 Å². The third-order valence-corrected chi connectivity index (χ3v) is 5.66. The summed E-state index contributed by atoms with van der Waals surface area (Å²) in [6.07, 6.45) is 8.23. The molecule has 1 fully saturated rings. The van der Waals surface area contributed by atoms with Crippen LogP contribution in [0.5, 0.6) is 0 Å². The summed E-state index contributed by atoms with van der Waals surface area (Å²) in [5, 5.41) is 6.76. The van der Waals surface area contributed by atoms with Crippen LogP contribution in [0.1, 0.15) is 22.4 Å². The van der Waals surface area contributed by atoms with Crippen LogP contribution in [-0.4, -0.2) is 62.2 Å². The zero-order chi connectivity index (χ0) is 22.5. The van der Waals surface area contributed by atoms with Gasteiger partial charge in [0, 0.05) is 62.1 Å². The number of H-pyrrole nitrogens is 1. The number of aryl methyl sites for hydroxylation is 1. The second-order valence-corrected chi connectivity index (χ2v) is 7.91. The number of pyridine rings is 2. The molecule has 0 saturated carbocycles. The fourth-order valence-electron chi connectivity index (χ4n) is 3.46. The van der Waals surface area contributed by atoms with Gasteiger partial charge in [-0.15, -0.1) is 12.6 Å². The first kappa shape index (κ1) is 21.7. The van der Waals surface area contributed by atoms with Gasteiger partial charge >= 0.3 is 6.09 Å². The van der Waals surface area contributed by atoms with Gasteiger partial charge in [0.25, 0.3) is 0 Å². The van der Waals surface area contributed by atoms with Crippen molar-refractivity contribution in [1.29, 1.82) is 0 Å². The number of nitrogens with two attached hydrogens (primary N) is 1. The molecule has 0 aliphatic carbocycles. The average molecular weight is 452 g/mol. The van der Waals surface area contributed by atoms with Gasteiger partial charge in [0.1, 0.15) is 0 Å². The van der Waals surface area contributed by atoms with Gasteiger partial charge in [-0.25, -0.2) is 4.79 Å². The number of piperazine rings is 1. The van der Waals surface area contributed by atoms with Crippen molar-refractivity contribution in [3.8, 4) is 11.1 Å². The molecule has 32 heavy (non-hydrogen) atoms. The number of thiol groups is 1. The van der Waals surface area contributed by atoms with Gasteiger partial charge in [0.05, 0.1) is 23.3 Å². The van der Waals surface area contributed by atoms with Crippen molar-refractivity contribution >= 4 is 24.4 Å². The van der Waals surface area contributed by atoms with Crippen molar-refractivity contribution in [3.05, 3.63) is 72.2 Å². The molecule has 0 radical (unpaired) electrons. The maximum atomic E-state index is 12.6. The molecule has 166 valence electrons. The molecule has 1 aliphatic rings. The number of carbonyl (C=O) groups is 1.